The molecule has 1 atom stereocenters. The van der Waals surface area contributed by atoms with Crippen LogP contribution in [0.4, 0.5) is 0 Å². The van der Waals surface area contributed by atoms with Gasteiger partial charge in [0, 0.05) is 15.6 Å². The summed E-state index contributed by atoms with van der Waals surface area (Å²) in [5.41, 5.74) is 2.16. The van der Waals surface area contributed by atoms with Crippen molar-refractivity contribution in [2.24, 2.45) is 0 Å². The summed E-state index contributed by atoms with van der Waals surface area (Å²) in [5.74, 6) is 0.891. The lowest BCUT2D eigenvalue weighted by Gasteiger charge is -2.24. The van der Waals surface area contributed by atoms with Crippen molar-refractivity contribution in [2.45, 2.75) is 25.4 Å². The Morgan fingerprint density at radius 3 is 3.00 bits per heavy atom. The predicted molar refractivity (Wildman–Crippen MR) is 58.6 cm³/mol. The monoisotopic (exact) mass is 256 g/mol. The van der Waals surface area contributed by atoms with Crippen LogP contribution in [0.15, 0.2) is 16.6 Å². The Bertz CT molecular complexity index is 349. The van der Waals surface area contributed by atoms with Crippen LogP contribution in [0.2, 0.25) is 0 Å². The van der Waals surface area contributed by atoms with Crippen LogP contribution in [0.25, 0.3) is 0 Å². The predicted octanol–water partition coefficient (Wildman–Crippen LogP) is 2.83. The van der Waals surface area contributed by atoms with Crippen molar-refractivity contribution in [3.05, 3.63) is 27.7 Å². The Morgan fingerprint density at radius 2 is 2.29 bits per heavy atom. The number of hydrogen-bond donors (Lipinski definition) is 1. The first kappa shape index (κ1) is 9.99. The summed E-state index contributed by atoms with van der Waals surface area (Å²) in [6, 6.07) is 3.88. The molecule has 14 heavy (non-hydrogen) atoms. The van der Waals surface area contributed by atoms with Crippen molar-refractivity contribution >= 4 is 15.9 Å². The number of methoxy groups -OCH3 is 1. The van der Waals surface area contributed by atoms with E-state index in [0.29, 0.717) is 0 Å². The van der Waals surface area contributed by atoms with Crippen LogP contribution in [0, 0.1) is 0 Å². The van der Waals surface area contributed by atoms with E-state index >= 15 is 0 Å². The van der Waals surface area contributed by atoms with Crippen LogP contribution in [0.1, 0.15) is 30.1 Å². The van der Waals surface area contributed by atoms with E-state index in [1.807, 2.05) is 12.1 Å². The topological polar surface area (TPSA) is 29.5 Å². The lowest BCUT2D eigenvalue weighted by Crippen LogP contribution is -2.11. The van der Waals surface area contributed by atoms with Gasteiger partial charge in [-0.1, -0.05) is 15.9 Å². The highest BCUT2D eigenvalue weighted by Crippen LogP contribution is 2.39. The summed E-state index contributed by atoms with van der Waals surface area (Å²) in [6.07, 6.45) is 2.53. The second-order valence-corrected chi connectivity index (χ2v) is 4.40. The molecule has 0 spiro atoms. The molecule has 0 saturated heterocycles. The second kappa shape index (κ2) is 3.91. The molecule has 0 radical (unpaired) electrons. The molecule has 1 aliphatic rings. The molecule has 0 saturated carbocycles. The van der Waals surface area contributed by atoms with Crippen LogP contribution < -0.4 is 4.74 Å². The average Bonchev–Trinajstić information content (AvgIpc) is 2.18. The molecule has 1 N–H and O–H groups in total. The second-order valence-electron chi connectivity index (χ2n) is 3.55. The number of benzene rings is 1. The van der Waals surface area contributed by atoms with Crippen LogP contribution in [0.5, 0.6) is 5.75 Å². The fourth-order valence-electron chi connectivity index (χ4n) is 2.04. The average molecular weight is 257 g/mol. The minimum Gasteiger partial charge on any atom is -0.496 e. The molecule has 0 bridgehead atoms. The molecule has 0 fully saturated rings. The normalized spacial score (nSPS) is 20.4. The van der Waals surface area contributed by atoms with E-state index < -0.39 is 0 Å². The van der Waals surface area contributed by atoms with Gasteiger partial charge in [0.2, 0.25) is 0 Å². The van der Waals surface area contributed by atoms with Crippen molar-refractivity contribution in [2.75, 3.05) is 7.11 Å². The molecule has 2 nitrogen and oxygen atoms in total. The smallest absolute Gasteiger partial charge is 0.122 e. The molecule has 0 aliphatic heterocycles. The highest BCUT2D eigenvalue weighted by Gasteiger charge is 2.23. The summed E-state index contributed by atoms with van der Waals surface area (Å²) < 4.78 is 6.27. The van der Waals surface area contributed by atoms with E-state index in [0.717, 1.165) is 40.6 Å². The zero-order chi connectivity index (χ0) is 10.1. The number of fused-ring (bicyclic) bond motifs is 1. The highest BCUT2D eigenvalue weighted by atomic mass is 79.9. The van der Waals surface area contributed by atoms with Crippen molar-refractivity contribution < 1.29 is 9.84 Å². The van der Waals surface area contributed by atoms with Crippen molar-refractivity contribution in [1.29, 1.82) is 0 Å². The lowest BCUT2D eigenvalue weighted by atomic mass is 9.89. The van der Waals surface area contributed by atoms with Crippen molar-refractivity contribution in [3.63, 3.8) is 0 Å². The highest BCUT2D eigenvalue weighted by molar-refractivity contribution is 9.10. The first-order valence-electron chi connectivity index (χ1n) is 4.77. The van der Waals surface area contributed by atoms with Gasteiger partial charge in [-0.05, 0) is 31.4 Å². The number of rotatable bonds is 1. The Kier molecular flexibility index (Phi) is 2.79. The quantitative estimate of drug-likeness (QED) is 0.838. The van der Waals surface area contributed by atoms with Crippen LogP contribution in [0.3, 0.4) is 0 Å². The summed E-state index contributed by atoms with van der Waals surface area (Å²) in [6.45, 7) is 0. The maximum absolute atomic E-state index is 9.88. The zero-order valence-corrected chi connectivity index (χ0v) is 9.67. The fourth-order valence-corrected chi connectivity index (χ4v) is 2.68. The van der Waals surface area contributed by atoms with Crippen LogP contribution in [-0.2, 0) is 6.42 Å². The molecule has 0 aromatic heterocycles. The molecule has 3 heteroatoms. The number of hydrogen-bond acceptors (Lipinski definition) is 2. The van der Waals surface area contributed by atoms with Gasteiger partial charge >= 0.3 is 0 Å². The Morgan fingerprint density at radius 1 is 1.50 bits per heavy atom. The minimum atomic E-state index is -0.344. The maximum Gasteiger partial charge on any atom is 0.122 e. The molecule has 1 aromatic carbocycles. The standard InChI is InChI=1S/C11H13BrO2/c1-14-10-6-5-8(12)11-7(10)3-2-4-9(11)13/h5-6,9,13H,2-4H2,1H3. The van der Waals surface area contributed by atoms with E-state index in [-0.39, 0.29) is 6.10 Å². The molecule has 2 rings (SSSR count). The van der Waals surface area contributed by atoms with E-state index in [1.165, 1.54) is 0 Å². The van der Waals surface area contributed by atoms with Gasteiger partial charge in [0.1, 0.15) is 5.75 Å². The maximum atomic E-state index is 9.88. The summed E-state index contributed by atoms with van der Waals surface area (Å²) in [4.78, 5) is 0. The summed E-state index contributed by atoms with van der Waals surface area (Å²) in [7, 11) is 1.67. The van der Waals surface area contributed by atoms with Gasteiger partial charge in [0.15, 0.2) is 0 Å². The number of ether oxygens (including phenoxy) is 1. The molecular formula is C11H13BrO2. The summed E-state index contributed by atoms with van der Waals surface area (Å²) >= 11 is 3.47. The molecule has 76 valence electrons. The number of aliphatic hydroxyl groups is 1. The van der Waals surface area contributed by atoms with Gasteiger partial charge in [-0.3, -0.25) is 0 Å². The Balaban J connectivity index is 2.57. The third-order valence-electron chi connectivity index (χ3n) is 2.72. The van der Waals surface area contributed by atoms with Crippen molar-refractivity contribution in [1.82, 2.24) is 0 Å². The first-order chi connectivity index (χ1) is 6.74. The van der Waals surface area contributed by atoms with Gasteiger partial charge in [-0.15, -0.1) is 0 Å². The van der Waals surface area contributed by atoms with Crippen molar-refractivity contribution in [3.8, 4) is 5.75 Å². The third-order valence-corrected chi connectivity index (χ3v) is 3.41. The SMILES string of the molecule is COc1ccc(Br)c2c1CCCC2O. The lowest BCUT2D eigenvalue weighted by molar-refractivity contribution is 0.155. The van der Waals surface area contributed by atoms with Gasteiger partial charge in [0.25, 0.3) is 0 Å². The van der Waals surface area contributed by atoms with Gasteiger partial charge in [0.05, 0.1) is 13.2 Å². The largest absolute Gasteiger partial charge is 0.496 e. The third kappa shape index (κ3) is 1.55. The first-order valence-corrected chi connectivity index (χ1v) is 5.56. The van der Waals surface area contributed by atoms with E-state index in [9.17, 15) is 5.11 Å². The van der Waals surface area contributed by atoms with Crippen LogP contribution >= 0.6 is 15.9 Å². The molecule has 1 aromatic rings. The zero-order valence-electron chi connectivity index (χ0n) is 8.09. The fraction of sp³-hybridized carbons (Fsp3) is 0.455. The summed E-state index contributed by atoms with van der Waals surface area (Å²) in [5, 5.41) is 9.88. The van der Waals surface area contributed by atoms with E-state index in [1.54, 1.807) is 7.11 Å². The molecule has 1 aliphatic carbocycles. The van der Waals surface area contributed by atoms with Crippen LogP contribution in [-0.4, -0.2) is 12.2 Å². The Hall–Kier alpha value is -0.540. The van der Waals surface area contributed by atoms with E-state index in [2.05, 4.69) is 15.9 Å². The van der Waals surface area contributed by atoms with Gasteiger partial charge in [-0.2, -0.15) is 0 Å². The molecule has 1 unspecified atom stereocenters. The van der Waals surface area contributed by atoms with Gasteiger partial charge < -0.3 is 9.84 Å². The number of aliphatic hydroxyl groups excluding tert-OH is 1. The molecule has 0 amide bonds. The Labute approximate surface area is 92.0 Å². The minimum absolute atomic E-state index is 0.344. The van der Waals surface area contributed by atoms with Gasteiger partial charge in [-0.25, -0.2) is 0 Å². The number of halogens is 1. The molecular weight excluding hydrogens is 244 g/mol. The molecule has 0 heterocycles. The van der Waals surface area contributed by atoms with E-state index in [4.69, 9.17) is 4.74 Å².